The van der Waals surface area contributed by atoms with E-state index >= 15 is 0 Å². The smallest absolute Gasteiger partial charge is 0.324 e. The first kappa shape index (κ1) is 13.6. The number of benzene rings is 1. The van der Waals surface area contributed by atoms with E-state index < -0.39 is 18.9 Å². The molecule has 0 unspecified atom stereocenters. The summed E-state index contributed by atoms with van der Waals surface area (Å²) in [6.07, 6.45) is -2.40. The van der Waals surface area contributed by atoms with Crippen LogP contribution in [-0.2, 0) is 6.54 Å². The van der Waals surface area contributed by atoms with Crippen LogP contribution in [0.2, 0.25) is 0 Å². The molecule has 2 heterocycles. The molecule has 2 aromatic heterocycles. The number of imidazole rings is 1. The van der Waals surface area contributed by atoms with E-state index in [1.165, 1.54) is 6.20 Å². The Balaban J connectivity index is 2.27. The molecule has 0 aliphatic heterocycles. The summed E-state index contributed by atoms with van der Waals surface area (Å²) in [5.41, 5.74) is 6.71. The predicted octanol–water partition coefficient (Wildman–Crippen LogP) is 3.07. The van der Waals surface area contributed by atoms with Crippen molar-refractivity contribution in [3.8, 4) is 0 Å². The number of anilines is 1. The van der Waals surface area contributed by atoms with Crippen LogP contribution in [0.3, 0.4) is 0 Å². The molecule has 8 heteroatoms. The second-order valence-corrected chi connectivity index (χ2v) is 4.63. The molecule has 0 aliphatic carbocycles. The number of nitrogen functional groups attached to an aromatic ring is 1. The molecule has 4 nitrogen and oxygen atoms in total. The maximum absolute atomic E-state index is 13.3. The lowest BCUT2D eigenvalue weighted by Crippen LogP contribution is -2.32. The van der Waals surface area contributed by atoms with Crippen LogP contribution >= 0.6 is 0 Å². The molecule has 21 heavy (non-hydrogen) atoms. The molecule has 1 aromatic carbocycles. The minimum absolute atomic E-state index is 0.247. The molecule has 0 aliphatic rings. The summed E-state index contributed by atoms with van der Waals surface area (Å²) in [6.45, 7) is -1.24. The van der Waals surface area contributed by atoms with Gasteiger partial charge in [0.05, 0.1) is 23.8 Å². The van der Waals surface area contributed by atoms with Crippen LogP contribution in [0.15, 0.2) is 30.5 Å². The normalized spacial score (nSPS) is 12.6. The zero-order valence-corrected chi connectivity index (χ0v) is 10.6. The van der Waals surface area contributed by atoms with Crippen LogP contribution in [0.1, 0.15) is 0 Å². The average molecular weight is 298 g/mol. The van der Waals surface area contributed by atoms with Crippen LogP contribution < -0.4 is 5.73 Å². The van der Waals surface area contributed by atoms with Crippen LogP contribution in [0.25, 0.3) is 21.9 Å². The fourth-order valence-electron chi connectivity index (χ4n) is 2.22. The number of hydrogen-bond acceptors (Lipinski definition) is 3. The van der Waals surface area contributed by atoms with Gasteiger partial charge in [-0.2, -0.15) is 8.78 Å². The summed E-state index contributed by atoms with van der Waals surface area (Å²) in [5.74, 6) is -4.44. The van der Waals surface area contributed by atoms with Gasteiger partial charge in [-0.3, -0.25) is 4.98 Å². The predicted molar refractivity (Wildman–Crippen MR) is 70.4 cm³/mol. The van der Waals surface area contributed by atoms with Crippen LogP contribution in [0, 0.1) is 0 Å². The molecule has 0 atom stereocenters. The van der Waals surface area contributed by atoms with E-state index in [0.29, 0.717) is 10.9 Å². The van der Waals surface area contributed by atoms with Crippen molar-refractivity contribution in [3.05, 3.63) is 30.5 Å². The number of alkyl halides is 4. The Morgan fingerprint density at radius 3 is 2.62 bits per heavy atom. The van der Waals surface area contributed by atoms with Gasteiger partial charge < -0.3 is 10.3 Å². The Bertz CT molecular complexity index is 812. The van der Waals surface area contributed by atoms with E-state index in [2.05, 4.69) is 9.97 Å². The quantitative estimate of drug-likeness (QED) is 0.756. The molecule has 0 radical (unpaired) electrons. The summed E-state index contributed by atoms with van der Waals surface area (Å²) in [6, 6.07) is 6.78. The Hall–Kier alpha value is -2.38. The lowest BCUT2D eigenvalue weighted by Gasteiger charge is -2.17. The number of aromatic nitrogens is 3. The number of nitrogens with zero attached hydrogens (tertiary/aromatic N) is 3. The minimum atomic E-state index is -4.19. The average Bonchev–Trinajstić information content (AvgIpc) is 2.75. The molecular formula is C13H10F4N4. The highest BCUT2D eigenvalue weighted by molar-refractivity contribution is 6.02. The third kappa shape index (κ3) is 2.16. The van der Waals surface area contributed by atoms with Gasteiger partial charge in [-0.25, -0.2) is 13.8 Å². The maximum Gasteiger partial charge on any atom is 0.324 e. The molecule has 0 fully saturated rings. The molecule has 0 amide bonds. The van der Waals surface area contributed by atoms with Gasteiger partial charge in [-0.1, -0.05) is 18.2 Å². The van der Waals surface area contributed by atoms with Crippen LogP contribution in [0.4, 0.5) is 23.5 Å². The van der Waals surface area contributed by atoms with Gasteiger partial charge in [0.2, 0.25) is 5.95 Å². The Labute approximate surface area is 116 Å². The minimum Gasteiger partial charge on any atom is -0.369 e. The number of hydrogen-bond donors (Lipinski definition) is 1. The number of pyridine rings is 1. The third-order valence-electron chi connectivity index (χ3n) is 3.20. The molecule has 3 rings (SSSR count). The van der Waals surface area contributed by atoms with Crippen molar-refractivity contribution in [3.63, 3.8) is 0 Å². The first-order chi connectivity index (χ1) is 9.90. The molecular weight excluding hydrogens is 288 g/mol. The van der Waals surface area contributed by atoms with E-state index in [4.69, 9.17) is 5.73 Å². The third-order valence-corrected chi connectivity index (χ3v) is 3.20. The van der Waals surface area contributed by atoms with Crippen molar-refractivity contribution in [2.24, 2.45) is 0 Å². The van der Waals surface area contributed by atoms with Gasteiger partial charge in [0.1, 0.15) is 5.52 Å². The SMILES string of the molecule is Nc1nc2cnc3ccccc3c2n1CC(F)(F)C(F)F. The Kier molecular flexibility index (Phi) is 2.96. The Morgan fingerprint density at radius 2 is 1.90 bits per heavy atom. The fraction of sp³-hybridized carbons (Fsp3) is 0.231. The molecule has 110 valence electrons. The van der Waals surface area contributed by atoms with Crippen molar-refractivity contribution in [2.75, 3.05) is 5.73 Å². The van der Waals surface area contributed by atoms with Gasteiger partial charge in [0.15, 0.2) is 0 Å². The van der Waals surface area contributed by atoms with Crippen molar-refractivity contribution in [1.29, 1.82) is 0 Å². The maximum atomic E-state index is 13.3. The molecule has 3 aromatic rings. The lowest BCUT2D eigenvalue weighted by molar-refractivity contribution is -0.136. The second kappa shape index (κ2) is 4.57. The van der Waals surface area contributed by atoms with E-state index in [-0.39, 0.29) is 17.0 Å². The molecule has 0 saturated carbocycles. The van der Waals surface area contributed by atoms with Gasteiger partial charge in [-0.15, -0.1) is 0 Å². The van der Waals surface area contributed by atoms with Gasteiger partial charge >= 0.3 is 12.3 Å². The van der Waals surface area contributed by atoms with Gasteiger partial charge in [0.25, 0.3) is 0 Å². The van der Waals surface area contributed by atoms with E-state index in [0.717, 1.165) is 4.57 Å². The topological polar surface area (TPSA) is 56.7 Å². The molecule has 0 bridgehead atoms. The molecule has 2 N–H and O–H groups in total. The summed E-state index contributed by atoms with van der Waals surface area (Å²) < 4.78 is 52.4. The summed E-state index contributed by atoms with van der Waals surface area (Å²) in [5, 5.41) is 0.532. The summed E-state index contributed by atoms with van der Waals surface area (Å²) >= 11 is 0. The number of para-hydroxylation sites is 1. The number of nitrogens with two attached hydrogens (primary N) is 1. The first-order valence-corrected chi connectivity index (χ1v) is 6.05. The van der Waals surface area contributed by atoms with Crippen molar-refractivity contribution >= 4 is 27.9 Å². The summed E-state index contributed by atoms with van der Waals surface area (Å²) in [4.78, 5) is 8.04. The van der Waals surface area contributed by atoms with E-state index in [1.54, 1.807) is 24.3 Å². The second-order valence-electron chi connectivity index (χ2n) is 4.63. The standard InChI is InChI=1S/C13H10F4N4/c14-11(15)13(16,17)6-21-10-7-3-1-2-4-8(7)19-5-9(10)20-12(21)18/h1-5,11H,6H2,(H2,18,20). The number of fused-ring (bicyclic) bond motifs is 3. The molecule has 0 saturated heterocycles. The zero-order valence-electron chi connectivity index (χ0n) is 10.6. The van der Waals surface area contributed by atoms with Crippen LogP contribution in [-0.4, -0.2) is 26.9 Å². The first-order valence-electron chi connectivity index (χ1n) is 6.05. The Morgan fingerprint density at radius 1 is 1.19 bits per heavy atom. The van der Waals surface area contributed by atoms with E-state index in [1.807, 2.05) is 0 Å². The highest BCUT2D eigenvalue weighted by Gasteiger charge is 2.42. The summed E-state index contributed by atoms with van der Waals surface area (Å²) in [7, 11) is 0. The van der Waals surface area contributed by atoms with Crippen LogP contribution in [0.5, 0.6) is 0 Å². The zero-order chi connectivity index (χ0) is 15.2. The number of halogens is 4. The lowest BCUT2D eigenvalue weighted by atomic mass is 10.2. The van der Waals surface area contributed by atoms with Crippen molar-refractivity contribution in [1.82, 2.24) is 14.5 Å². The van der Waals surface area contributed by atoms with Crippen molar-refractivity contribution in [2.45, 2.75) is 18.9 Å². The van der Waals surface area contributed by atoms with Gasteiger partial charge in [-0.05, 0) is 6.07 Å². The fourth-order valence-corrected chi connectivity index (χ4v) is 2.22. The highest BCUT2D eigenvalue weighted by atomic mass is 19.3. The molecule has 0 spiro atoms. The highest BCUT2D eigenvalue weighted by Crippen LogP contribution is 2.31. The van der Waals surface area contributed by atoms with E-state index in [9.17, 15) is 17.6 Å². The van der Waals surface area contributed by atoms with Gasteiger partial charge in [0, 0.05) is 5.39 Å². The van der Waals surface area contributed by atoms with Crippen molar-refractivity contribution < 1.29 is 17.6 Å². The number of rotatable bonds is 3. The largest absolute Gasteiger partial charge is 0.369 e. The monoisotopic (exact) mass is 298 g/mol.